The van der Waals surface area contributed by atoms with E-state index in [1.54, 1.807) is 0 Å². The highest BCUT2D eigenvalue weighted by Crippen LogP contribution is 2.16. The summed E-state index contributed by atoms with van der Waals surface area (Å²) in [6.45, 7) is 5.65. The molecule has 0 spiro atoms. The van der Waals surface area contributed by atoms with Gasteiger partial charge in [0.1, 0.15) is 5.60 Å². The number of aryl methyl sites for hydroxylation is 1. The second-order valence-electron chi connectivity index (χ2n) is 5.47. The molecule has 18 heavy (non-hydrogen) atoms. The van der Waals surface area contributed by atoms with Gasteiger partial charge in [-0.05, 0) is 44.7 Å². The number of carbonyl (C=O) groups is 1. The van der Waals surface area contributed by atoms with E-state index >= 15 is 0 Å². The average Bonchev–Trinajstić information content (AvgIpc) is 2.66. The summed E-state index contributed by atoms with van der Waals surface area (Å²) < 4.78 is 5.28. The van der Waals surface area contributed by atoms with Crippen LogP contribution in [0.3, 0.4) is 0 Å². The molecule has 0 radical (unpaired) electrons. The Morgan fingerprint density at radius 1 is 1.28 bits per heavy atom. The molecule has 0 aliphatic heterocycles. The van der Waals surface area contributed by atoms with Crippen molar-refractivity contribution in [2.24, 2.45) is 0 Å². The van der Waals surface area contributed by atoms with Crippen molar-refractivity contribution in [3.05, 3.63) is 36.0 Å². The first-order valence-electron chi connectivity index (χ1n) is 6.22. The summed E-state index contributed by atoms with van der Waals surface area (Å²) in [5.41, 5.74) is 1.77. The maximum atomic E-state index is 11.6. The Morgan fingerprint density at radius 3 is 2.67 bits per heavy atom. The van der Waals surface area contributed by atoms with Crippen LogP contribution in [0.1, 0.15) is 32.9 Å². The number of aromatic nitrogens is 1. The molecule has 0 saturated carbocycles. The van der Waals surface area contributed by atoms with Crippen LogP contribution in [-0.2, 0) is 16.0 Å². The summed E-state index contributed by atoms with van der Waals surface area (Å²) in [5, 5.41) is 1.18. The highest BCUT2D eigenvalue weighted by molar-refractivity contribution is 5.80. The van der Waals surface area contributed by atoms with Crippen LogP contribution in [0.4, 0.5) is 0 Å². The summed E-state index contributed by atoms with van der Waals surface area (Å²) in [5.74, 6) is -0.152. The zero-order chi connectivity index (χ0) is 13.2. The zero-order valence-electron chi connectivity index (χ0n) is 11.1. The van der Waals surface area contributed by atoms with Crippen LogP contribution in [0.2, 0.25) is 0 Å². The molecule has 1 aromatic heterocycles. The van der Waals surface area contributed by atoms with Gasteiger partial charge in [0.15, 0.2) is 0 Å². The van der Waals surface area contributed by atoms with Crippen molar-refractivity contribution in [2.45, 2.75) is 39.2 Å². The number of benzene rings is 1. The summed E-state index contributed by atoms with van der Waals surface area (Å²) in [4.78, 5) is 14.9. The van der Waals surface area contributed by atoms with E-state index < -0.39 is 5.60 Å². The fourth-order valence-electron chi connectivity index (χ4n) is 1.90. The van der Waals surface area contributed by atoms with Gasteiger partial charge in [-0.1, -0.05) is 18.2 Å². The van der Waals surface area contributed by atoms with Crippen molar-refractivity contribution < 1.29 is 9.53 Å². The van der Waals surface area contributed by atoms with Gasteiger partial charge in [0.05, 0.1) is 6.42 Å². The number of fused-ring (bicyclic) bond motifs is 1. The lowest BCUT2D eigenvalue weighted by atomic mass is 10.2. The number of hydrogen-bond acceptors (Lipinski definition) is 2. The number of aromatic amines is 1. The molecule has 1 aromatic carbocycles. The highest BCUT2D eigenvalue weighted by atomic mass is 16.6. The Morgan fingerprint density at radius 2 is 2.00 bits per heavy atom. The molecule has 96 valence electrons. The van der Waals surface area contributed by atoms with E-state index in [-0.39, 0.29) is 5.97 Å². The third-order valence-corrected chi connectivity index (χ3v) is 2.60. The maximum Gasteiger partial charge on any atom is 0.306 e. The first-order valence-corrected chi connectivity index (χ1v) is 6.22. The molecule has 0 amide bonds. The quantitative estimate of drug-likeness (QED) is 0.842. The largest absolute Gasteiger partial charge is 0.460 e. The Balaban J connectivity index is 1.96. The molecule has 0 atom stereocenters. The molecular weight excluding hydrogens is 226 g/mol. The van der Waals surface area contributed by atoms with Gasteiger partial charge in [0.2, 0.25) is 0 Å². The summed E-state index contributed by atoms with van der Waals surface area (Å²) in [6.07, 6.45) is 1.09. The summed E-state index contributed by atoms with van der Waals surface area (Å²) in [7, 11) is 0. The molecule has 3 heteroatoms. The van der Waals surface area contributed by atoms with E-state index in [0.717, 1.165) is 11.2 Å². The van der Waals surface area contributed by atoms with Gasteiger partial charge in [-0.2, -0.15) is 0 Å². The number of hydrogen-bond donors (Lipinski definition) is 1. The smallest absolute Gasteiger partial charge is 0.306 e. The molecule has 0 fully saturated rings. The van der Waals surface area contributed by atoms with Crippen LogP contribution in [0, 0.1) is 0 Å². The minimum atomic E-state index is -0.405. The second-order valence-corrected chi connectivity index (χ2v) is 5.47. The first kappa shape index (κ1) is 12.7. The summed E-state index contributed by atoms with van der Waals surface area (Å²) in [6, 6.07) is 10.2. The van der Waals surface area contributed by atoms with Crippen LogP contribution in [0.5, 0.6) is 0 Å². The van der Waals surface area contributed by atoms with E-state index in [9.17, 15) is 4.79 Å². The van der Waals surface area contributed by atoms with Gasteiger partial charge < -0.3 is 9.72 Å². The standard InChI is InChI=1S/C15H19NO2/c1-15(2,3)18-14(17)9-8-12-10-11-6-4-5-7-13(11)16-12/h4-7,10,16H,8-9H2,1-3H3. The van der Waals surface area contributed by atoms with Crippen molar-refractivity contribution >= 4 is 16.9 Å². The number of ether oxygens (including phenoxy) is 1. The molecule has 0 bridgehead atoms. The lowest BCUT2D eigenvalue weighted by Gasteiger charge is -2.19. The predicted octanol–water partition coefficient (Wildman–Crippen LogP) is 3.44. The molecule has 3 nitrogen and oxygen atoms in total. The molecule has 0 aliphatic rings. The van der Waals surface area contributed by atoms with Crippen molar-refractivity contribution in [2.75, 3.05) is 0 Å². The molecule has 2 rings (SSSR count). The van der Waals surface area contributed by atoms with Crippen LogP contribution in [-0.4, -0.2) is 16.6 Å². The SMILES string of the molecule is CC(C)(C)OC(=O)CCc1cc2ccccc2[nH]1. The first-order chi connectivity index (χ1) is 8.44. The Bertz CT molecular complexity index is 516. The normalized spacial score (nSPS) is 11.7. The summed E-state index contributed by atoms with van der Waals surface area (Å²) >= 11 is 0. The van der Waals surface area contributed by atoms with Gasteiger partial charge in [0.25, 0.3) is 0 Å². The predicted molar refractivity (Wildman–Crippen MR) is 72.5 cm³/mol. The minimum absolute atomic E-state index is 0.152. The molecule has 0 unspecified atom stereocenters. The highest BCUT2D eigenvalue weighted by Gasteiger charge is 2.16. The number of H-pyrrole nitrogens is 1. The number of para-hydroxylation sites is 1. The van der Waals surface area contributed by atoms with Crippen molar-refractivity contribution in [1.29, 1.82) is 0 Å². The van der Waals surface area contributed by atoms with Crippen LogP contribution in [0.15, 0.2) is 30.3 Å². The maximum absolute atomic E-state index is 11.6. The average molecular weight is 245 g/mol. The molecule has 0 saturated heterocycles. The van der Waals surface area contributed by atoms with E-state index in [4.69, 9.17) is 4.74 Å². The van der Waals surface area contributed by atoms with Gasteiger partial charge in [-0.3, -0.25) is 4.79 Å². The lowest BCUT2D eigenvalue weighted by molar-refractivity contribution is -0.154. The Labute approximate surface area is 107 Å². The van der Waals surface area contributed by atoms with Crippen molar-refractivity contribution in [3.8, 4) is 0 Å². The lowest BCUT2D eigenvalue weighted by Crippen LogP contribution is -2.24. The number of esters is 1. The second kappa shape index (κ2) is 4.84. The topological polar surface area (TPSA) is 42.1 Å². The van der Waals surface area contributed by atoms with Crippen LogP contribution >= 0.6 is 0 Å². The molecule has 0 aliphatic carbocycles. The number of nitrogens with one attached hydrogen (secondary N) is 1. The Kier molecular flexibility index (Phi) is 3.41. The molecule has 1 heterocycles. The van der Waals surface area contributed by atoms with Gasteiger partial charge in [-0.25, -0.2) is 0 Å². The number of carbonyl (C=O) groups excluding carboxylic acids is 1. The molecule has 1 N–H and O–H groups in total. The monoisotopic (exact) mass is 245 g/mol. The fourth-order valence-corrected chi connectivity index (χ4v) is 1.90. The van der Waals surface area contributed by atoms with Crippen molar-refractivity contribution in [3.63, 3.8) is 0 Å². The van der Waals surface area contributed by atoms with Crippen LogP contribution < -0.4 is 0 Å². The molecule has 2 aromatic rings. The molecular formula is C15H19NO2. The zero-order valence-corrected chi connectivity index (χ0v) is 11.1. The third-order valence-electron chi connectivity index (χ3n) is 2.60. The fraction of sp³-hybridized carbons (Fsp3) is 0.400. The van der Waals surface area contributed by atoms with E-state index in [2.05, 4.69) is 17.1 Å². The van der Waals surface area contributed by atoms with Gasteiger partial charge >= 0.3 is 5.97 Å². The van der Waals surface area contributed by atoms with E-state index in [1.165, 1.54) is 5.39 Å². The van der Waals surface area contributed by atoms with Gasteiger partial charge in [-0.15, -0.1) is 0 Å². The Hall–Kier alpha value is -1.77. The third kappa shape index (κ3) is 3.36. The number of rotatable bonds is 3. The van der Waals surface area contributed by atoms with Gasteiger partial charge in [0, 0.05) is 11.2 Å². The minimum Gasteiger partial charge on any atom is -0.460 e. The van der Waals surface area contributed by atoms with E-state index in [1.807, 2.05) is 39.0 Å². The van der Waals surface area contributed by atoms with Crippen LogP contribution in [0.25, 0.3) is 10.9 Å². The van der Waals surface area contributed by atoms with E-state index in [0.29, 0.717) is 12.8 Å². The van der Waals surface area contributed by atoms with Crippen molar-refractivity contribution in [1.82, 2.24) is 4.98 Å².